The number of benzene rings is 1. The van der Waals surface area contributed by atoms with Crippen molar-refractivity contribution < 1.29 is 5.11 Å². The van der Waals surface area contributed by atoms with E-state index in [2.05, 4.69) is 39.0 Å². The fraction of sp³-hybridized carbons (Fsp3) is 0.647. The number of hydrogen-bond acceptors (Lipinski definition) is 1. The Morgan fingerprint density at radius 3 is 2.44 bits per heavy atom. The summed E-state index contributed by atoms with van der Waals surface area (Å²) in [5, 5.41) is 10.6. The van der Waals surface area contributed by atoms with E-state index in [1.807, 2.05) is 0 Å². The third kappa shape index (κ3) is 2.95. The highest BCUT2D eigenvalue weighted by atomic mass is 16.3. The fourth-order valence-electron chi connectivity index (χ4n) is 3.24. The number of aliphatic hydroxyl groups excluding tert-OH is 1. The van der Waals surface area contributed by atoms with Gasteiger partial charge in [0.15, 0.2) is 0 Å². The molecule has 100 valence electrons. The van der Waals surface area contributed by atoms with Gasteiger partial charge in [-0.05, 0) is 49.7 Å². The van der Waals surface area contributed by atoms with Crippen LogP contribution in [-0.4, -0.2) is 5.11 Å². The predicted molar refractivity (Wildman–Crippen MR) is 76.6 cm³/mol. The maximum atomic E-state index is 10.6. The molecule has 2 rings (SSSR count). The molecule has 1 aromatic carbocycles. The quantitative estimate of drug-likeness (QED) is 0.829. The number of aryl methyl sites for hydroxylation is 2. The Morgan fingerprint density at radius 2 is 1.83 bits per heavy atom. The zero-order valence-corrected chi connectivity index (χ0v) is 11.9. The van der Waals surface area contributed by atoms with Crippen molar-refractivity contribution in [3.8, 4) is 0 Å². The lowest BCUT2D eigenvalue weighted by atomic mass is 9.76. The van der Waals surface area contributed by atoms with Crippen LogP contribution >= 0.6 is 0 Å². The summed E-state index contributed by atoms with van der Waals surface area (Å²) < 4.78 is 0. The van der Waals surface area contributed by atoms with Crippen LogP contribution in [0.3, 0.4) is 0 Å². The summed E-state index contributed by atoms with van der Waals surface area (Å²) >= 11 is 0. The van der Waals surface area contributed by atoms with Gasteiger partial charge in [-0.1, -0.05) is 49.9 Å². The summed E-state index contributed by atoms with van der Waals surface area (Å²) in [7, 11) is 0. The molecule has 0 aliphatic heterocycles. The fourth-order valence-corrected chi connectivity index (χ4v) is 3.24. The highest BCUT2D eigenvalue weighted by Gasteiger charge is 2.27. The SMILES string of the molecule is CCC1CCC(C(O)c2cc(C)ccc2C)CC1. The summed E-state index contributed by atoms with van der Waals surface area (Å²) in [5.74, 6) is 1.36. The van der Waals surface area contributed by atoms with E-state index in [0.717, 1.165) is 11.5 Å². The van der Waals surface area contributed by atoms with Crippen LogP contribution < -0.4 is 0 Å². The number of rotatable bonds is 3. The molecular formula is C17H26O. The molecule has 1 heteroatoms. The van der Waals surface area contributed by atoms with Crippen LogP contribution in [0.4, 0.5) is 0 Å². The van der Waals surface area contributed by atoms with Crippen LogP contribution in [-0.2, 0) is 0 Å². The second-order valence-electron chi connectivity index (χ2n) is 5.99. The Labute approximate surface area is 111 Å². The molecule has 1 saturated carbocycles. The van der Waals surface area contributed by atoms with Gasteiger partial charge >= 0.3 is 0 Å². The first-order valence-corrected chi connectivity index (χ1v) is 7.37. The average molecular weight is 246 g/mol. The monoisotopic (exact) mass is 246 g/mol. The molecule has 18 heavy (non-hydrogen) atoms. The lowest BCUT2D eigenvalue weighted by Gasteiger charge is -2.32. The van der Waals surface area contributed by atoms with Gasteiger partial charge in [-0.25, -0.2) is 0 Å². The van der Waals surface area contributed by atoms with E-state index < -0.39 is 0 Å². The molecule has 0 radical (unpaired) electrons. The topological polar surface area (TPSA) is 20.2 Å². The van der Waals surface area contributed by atoms with E-state index in [-0.39, 0.29) is 6.10 Å². The Morgan fingerprint density at radius 1 is 1.17 bits per heavy atom. The molecule has 1 fully saturated rings. The van der Waals surface area contributed by atoms with Crippen LogP contribution in [0.15, 0.2) is 18.2 Å². The largest absolute Gasteiger partial charge is 0.388 e. The van der Waals surface area contributed by atoms with Gasteiger partial charge in [-0.2, -0.15) is 0 Å². The normalized spacial score (nSPS) is 26.0. The van der Waals surface area contributed by atoms with E-state index in [0.29, 0.717) is 5.92 Å². The lowest BCUT2D eigenvalue weighted by Crippen LogP contribution is -2.20. The number of aliphatic hydroxyl groups is 1. The highest BCUT2D eigenvalue weighted by molar-refractivity contribution is 5.32. The van der Waals surface area contributed by atoms with E-state index in [4.69, 9.17) is 0 Å². The van der Waals surface area contributed by atoms with Crippen LogP contribution in [0, 0.1) is 25.7 Å². The zero-order valence-electron chi connectivity index (χ0n) is 11.9. The molecule has 1 aromatic rings. The van der Waals surface area contributed by atoms with Crippen LogP contribution in [0.5, 0.6) is 0 Å². The summed E-state index contributed by atoms with van der Waals surface area (Å²) in [6, 6.07) is 6.41. The first-order valence-electron chi connectivity index (χ1n) is 7.37. The molecule has 0 saturated heterocycles. The minimum absolute atomic E-state index is 0.261. The van der Waals surface area contributed by atoms with Crippen molar-refractivity contribution in [3.63, 3.8) is 0 Å². The van der Waals surface area contributed by atoms with Crippen molar-refractivity contribution in [2.24, 2.45) is 11.8 Å². The van der Waals surface area contributed by atoms with Gasteiger partial charge in [0.1, 0.15) is 0 Å². The van der Waals surface area contributed by atoms with Gasteiger partial charge in [0.25, 0.3) is 0 Å². The Bertz CT molecular complexity index is 389. The second-order valence-corrected chi connectivity index (χ2v) is 5.99. The molecule has 0 heterocycles. The maximum absolute atomic E-state index is 10.6. The third-order valence-electron chi connectivity index (χ3n) is 4.67. The second kappa shape index (κ2) is 5.88. The third-order valence-corrected chi connectivity index (χ3v) is 4.67. The molecule has 0 aromatic heterocycles. The maximum Gasteiger partial charge on any atom is 0.0820 e. The molecule has 0 amide bonds. The standard InChI is InChI=1S/C17H26O/c1-4-14-7-9-15(10-8-14)17(18)16-11-12(2)5-6-13(16)3/h5-6,11,14-15,17-18H,4,7-10H2,1-3H3. The summed E-state index contributed by atoms with van der Waals surface area (Å²) in [6.45, 7) is 6.49. The van der Waals surface area contributed by atoms with Gasteiger partial charge in [0, 0.05) is 0 Å². The van der Waals surface area contributed by atoms with Gasteiger partial charge in [0.2, 0.25) is 0 Å². The Kier molecular flexibility index (Phi) is 4.45. The smallest absolute Gasteiger partial charge is 0.0820 e. The molecular weight excluding hydrogens is 220 g/mol. The molecule has 0 bridgehead atoms. The minimum Gasteiger partial charge on any atom is -0.388 e. The van der Waals surface area contributed by atoms with Gasteiger partial charge in [0.05, 0.1) is 6.10 Å². The molecule has 1 nitrogen and oxygen atoms in total. The van der Waals surface area contributed by atoms with E-state index in [9.17, 15) is 5.11 Å². The number of hydrogen-bond donors (Lipinski definition) is 1. The lowest BCUT2D eigenvalue weighted by molar-refractivity contribution is 0.0724. The molecule has 1 unspecified atom stereocenters. The van der Waals surface area contributed by atoms with E-state index in [1.165, 1.54) is 43.2 Å². The van der Waals surface area contributed by atoms with Crippen LogP contribution in [0.1, 0.15) is 61.8 Å². The summed E-state index contributed by atoms with van der Waals surface area (Å²) in [6.07, 6.45) is 6.00. The van der Waals surface area contributed by atoms with Gasteiger partial charge < -0.3 is 5.11 Å². The minimum atomic E-state index is -0.261. The molecule has 1 N–H and O–H groups in total. The van der Waals surface area contributed by atoms with Crippen molar-refractivity contribution in [2.45, 2.75) is 59.0 Å². The van der Waals surface area contributed by atoms with E-state index >= 15 is 0 Å². The highest BCUT2D eigenvalue weighted by Crippen LogP contribution is 2.38. The van der Waals surface area contributed by atoms with Gasteiger partial charge in [-0.3, -0.25) is 0 Å². The van der Waals surface area contributed by atoms with Crippen LogP contribution in [0.2, 0.25) is 0 Å². The average Bonchev–Trinajstić information content (AvgIpc) is 2.41. The van der Waals surface area contributed by atoms with Gasteiger partial charge in [-0.15, -0.1) is 0 Å². The summed E-state index contributed by atoms with van der Waals surface area (Å²) in [4.78, 5) is 0. The zero-order chi connectivity index (χ0) is 13.1. The van der Waals surface area contributed by atoms with E-state index in [1.54, 1.807) is 0 Å². The van der Waals surface area contributed by atoms with Crippen molar-refractivity contribution >= 4 is 0 Å². The van der Waals surface area contributed by atoms with Crippen molar-refractivity contribution in [1.82, 2.24) is 0 Å². The molecule has 1 aliphatic rings. The van der Waals surface area contributed by atoms with Crippen molar-refractivity contribution in [1.29, 1.82) is 0 Å². The predicted octanol–water partition coefficient (Wildman–Crippen LogP) is 4.55. The van der Waals surface area contributed by atoms with Crippen LogP contribution in [0.25, 0.3) is 0 Å². The Balaban J connectivity index is 2.07. The molecule has 1 aliphatic carbocycles. The molecule has 1 atom stereocenters. The Hall–Kier alpha value is -0.820. The first kappa shape index (κ1) is 13.6. The molecule has 0 spiro atoms. The first-order chi connectivity index (χ1) is 8.61. The summed E-state index contributed by atoms with van der Waals surface area (Å²) in [5.41, 5.74) is 3.62. The van der Waals surface area contributed by atoms with Crippen molar-refractivity contribution in [3.05, 3.63) is 34.9 Å². The van der Waals surface area contributed by atoms with Crippen molar-refractivity contribution in [2.75, 3.05) is 0 Å².